The Kier molecular flexibility index (Phi) is 1.88. The summed E-state index contributed by atoms with van der Waals surface area (Å²) in [5.74, 6) is 0. The summed E-state index contributed by atoms with van der Waals surface area (Å²) in [4.78, 5) is 14.1. The van der Waals surface area contributed by atoms with Crippen LogP contribution in [0.25, 0.3) is 0 Å². The first-order valence-electron chi connectivity index (χ1n) is 2.79. The zero-order chi connectivity index (χ0) is 7.56. The molecule has 3 nitrogen and oxygen atoms in total. The lowest BCUT2D eigenvalue weighted by Crippen LogP contribution is -1.94. The number of nitrogens with zero attached hydrogens (tertiary/aromatic N) is 1. The number of hydrogen-bond donors (Lipinski definition) is 1. The SMILES string of the molecule is Cc1sc(=O)[nH]c1CC#N. The average Bonchev–Trinajstić information content (AvgIpc) is 2.13. The van der Waals surface area contributed by atoms with Crippen LogP contribution in [0, 0.1) is 18.3 Å². The third kappa shape index (κ3) is 1.25. The van der Waals surface area contributed by atoms with Gasteiger partial charge >= 0.3 is 4.87 Å². The lowest BCUT2D eigenvalue weighted by Gasteiger charge is -1.85. The van der Waals surface area contributed by atoms with E-state index < -0.39 is 0 Å². The van der Waals surface area contributed by atoms with Crippen LogP contribution in [-0.2, 0) is 6.42 Å². The summed E-state index contributed by atoms with van der Waals surface area (Å²) in [6.45, 7) is 1.83. The minimum Gasteiger partial charge on any atom is -0.315 e. The number of thiazole rings is 1. The number of nitrogens with one attached hydrogen (secondary N) is 1. The summed E-state index contributed by atoms with van der Waals surface area (Å²) < 4.78 is 0. The van der Waals surface area contributed by atoms with E-state index in [-0.39, 0.29) is 4.87 Å². The van der Waals surface area contributed by atoms with E-state index in [1.165, 1.54) is 0 Å². The molecular weight excluding hydrogens is 148 g/mol. The van der Waals surface area contributed by atoms with Gasteiger partial charge in [0.05, 0.1) is 12.5 Å². The van der Waals surface area contributed by atoms with Crippen LogP contribution in [0.1, 0.15) is 10.6 Å². The van der Waals surface area contributed by atoms with E-state index in [1.54, 1.807) is 0 Å². The van der Waals surface area contributed by atoms with Crippen LogP contribution in [0.3, 0.4) is 0 Å². The quantitative estimate of drug-likeness (QED) is 0.650. The highest BCUT2D eigenvalue weighted by atomic mass is 32.1. The first kappa shape index (κ1) is 7.03. The summed E-state index contributed by atoms with van der Waals surface area (Å²) in [7, 11) is 0. The predicted octanol–water partition coefficient (Wildman–Crippen LogP) is 0.811. The highest BCUT2D eigenvalue weighted by Crippen LogP contribution is 2.06. The number of nitriles is 1. The largest absolute Gasteiger partial charge is 0.315 e. The number of hydrogen-bond acceptors (Lipinski definition) is 3. The maximum absolute atomic E-state index is 10.6. The van der Waals surface area contributed by atoms with Crippen molar-refractivity contribution in [3.05, 3.63) is 20.2 Å². The van der Waals surface area contributed by atoms with Crippen molar-refractivity contribution < 1.29 is 0 Å². The van der Waals surface area contributed by atoms with Crippen LogP contribution in [0.15, 0.2) is 4.79 Å². The molecule has 0 radical (unpaired) electrons. The number of rotatable bonds is 1. The van der Waals surface area contributed by atoms with Gasteiger partial charge < -0.3 is 4.98 Å². The first-order chi connectivity index (χ1) is 4.74. The zero-order valence-corrected chi connectivity index (χ0v) is 6.29. The summed E-state index contributed by atoms with van der Waals surface area (Å²) in [6.07, 6.45) is 0.296. The fourth-order valence-electron chi connectivity index (χ4n) is 0.685. The minimum atomic E-state index is -0.0808. The van der Waals surface area contributed by atoms with Gasteiger partial charge in [-0.15, -0.1) is 0 Å². The number of aromatic nitrogens is 1. The van der Waals surface area contributed by atoms with E-state index in [9.17, 15) is 4.79 Å². The van der Waals surface area contributed by atoms with Crippen molar-refractivity contribution in [3.8, 4) is 6.07 Å². The average molecular weight is 154 g/mol. The van der Waals surface area contributed by atoms with Gasteiger partial charge in [0.2, 0.25) is 0 Å². The van der Waals surface area contributed by atoms with Crippen LogP contribution >= 0.6 is 11.3 Å². The van der Waals surface area contributed by atoms with Crippen LogP contribution in [0.2, 0.25) is 0 Å². The Morgan fingerprint density at radius 2 is 2.50 bits per heavy atom. The molecule has 0 aliphatic carbocycles. The molecule has 1 aromatic rings. The van der Waals surface area contributed by atoms with Crippen molar-refractivity contribution in [2.24, 2.45) is 0 Å². The Morgan fingerprint density at radius 1 is 1.80 bits per heavy atom. The first-order valence-corrected chi connectivity index (χ1v) is 3.61. The second-order valence-electron chi connectivity index (χ2n) is 1.88. The number of H-pyrrole nitrogens is 1. The molecule has 0 aromatic carbocycles. The van der Waals surface area contributed by atoms with Crippen LogP contribution in [-0.4, -0.2) is 4.98 Å². The molecular formula is C6H6N2OS. The molecule has 10 heavy (non-hydrogen) atoms. The zero-order valence-electron chi connectivity index (χ0n) is 5.47. The van der Waals surface area contributed by atoms with Crippen molar-refractivity contribution in [2.75, 3.05) is 0 Å². The van der Waals surface area contributed by atoms with Gasteiger partial charge in [0.15, 0.2) is 0 Å². The van der Waals surface area contributed by atoms with Gasteiger partial charge in [-0.25, -0.2) is 0 Å². The van der Waals surface area contributed by atoms with E-state index in [0.29, 0.717) is 6.42 Å². The number of aromatic amines is 1. The second-order valence-corrected chi connectivity index (χ2v) is 3.07. The topological polar surface area (TPSA) is 56.6 Å². The molecule has 0 atom stereocenters. The lowest BCUT2D eigenvalue weighted by atomic mass is 10.3. The fourth-order valence-corrected chi connectivity index (χ4v) is 1.38. The molecule has 1 N–H and O–H groups in total. The molecule has 1 heterocycles. The Balaban J connectivity index is 3.06. The normalized spacial score (nSPS) is 9.20. The molecule has 0 saturated heterocycles. The third-order valence-corrected chi connectivity index (χ3v) is 2.02. The number of aryl methyl sites for hydroxylation is 1. The highest BCUT2D eigenvalue weighted by Gasteiger charge is 2.00. The van der Waals surface area contributed by atoms with Crippen LogP contribution in [0.5, 0.6) is 0 Å². The van der Waals surface area contributed by atoms with Crippen molar-refractivity contribution in [3.63, 3.8) is 0 Å². The summed E-state index contributed by atoms with van der Waals surface area (Å²) in [5, 5.41) is 8.29. The molecule has 0 bridgehead atoms. The molecule has 0 spiro atoms. The van der Waals surface area contributed by atoms with Crippen molar-refractivity contribution in [2.45, 2.75) is 13.3 Å². The standard InChI is InChI=1S/C6H6N2OS/c1-4-5(2-3-7)8-6(9)10-4/h2H2,1H3,(H,8,9). The smallest absolute Gasteiger partial charge is 0.304 e. The summed E-state index contributed by atoms with van der Waals surface area (Å²) in [5.41, 5.74) is 0.748. The molecule has 0 aliphatic rings. The maximum atomic E-state index is 10.6. The summed E-state index contributed by atoms with van der Waals surface area (Å²) in [6, 6.07) is 1.97. The van der Waals surface area contributed by atoms with Crippen molar-refractivity contribution in [1.82, 2.24) is 4.98 Å². The van der Waals surface area contributed by atoms with E-state index in [4.69, 9.17) is 5.26 Å². The molecule has 1 rings (SSSR count). The van der Waals surface area contributed by atoms with Gasteiger partial charge in [0.1, 0.15) is 0 Å². The van der Waals surface area contributed by atoms with Gasteiger partial charge in [-0.3, -0.25) is 4.79 Å². The van der Waals surface area contributed by atoms with E-state index in [0.717, 1.165) is 21.9 Å². The Morgan fingerprint density at radius 3 is 2.90 bits per heavy atom. The molecule has 1 aromatic heterocycles. The van der Waals surface area contributed by atoms with Gasteiger partial charge in [-0.05, 0) is 6.92 Å². The van der Waals surface area contributed by atoms with Gasteiger partial charge in [0, 0.05) is 10.6 Å². The van der Waals surface area contributed by atoms with Crippen molar-refractivity contribution >= 4 is 11.3 Å². The Bertz CT molecular complexity index is 317. The van der Waals surface area contributed by atoms with E-state index in [2.05, 4.69) is 4.98 Å². The fraction of sp³-hybridized carbons (Fsp3) is 0.333. The predicted molar refractivity (Wildman–Crippen MR) is 39.0 cm³/mol. The Labute approximate surface area is 61.9 Å². The molecule has 0 unspecified atom stereocenters. The second kappa shape index (κ2) is 2.67. The van der Waals surface area contributed by atoms with Gasteiger partial charge in [-0.1, -0.05) is 11.3 Å². The van der Waals surface area contributed by atoms with E-state index >= 15 is 0 Å². The third-order valence-electron chi connectivity index (χ3n) is 1.18. The lowest BCUT2D eigenvalue weighted by molar-refractivity contribution is 1.11. The Hall–Kier alpha value is -1.08. The summed E-state index contributed by atoms with van der Waals surface area (Å²) >= 11 is 1.15. The molecule has 0 aliphatic heterocycles. The monoisotopic (exact) mass is 154 g/mol. The van der Waals surface area contributed by atoms with Gasteiger partial charge in [-0.2, -0.15) is 5.26 Å². The highest BCUT2D eigenvalue weighted by molar-refractivity contribution is 7.09. The van der Waals surface area contributed by atoms with Crippen molar-refractivity contribution in [1.29, 1.82) is 5.26 Å². The van der Waals surface area contributed by atoms with Crippen LogP contribution in [0.4, 0.5) is 0 Å². The van der Waals surface area contributed by atoms with E-state index in [1.807, 2.05) is 13.0 Å². The molecule has 4 heteroatoms. The molecule has 0 fully saturated rings. The minimum absolute atomic E-state index is 0.0808. The molecule has 0 saturated carbocycles. The molecule has 0 amide bonds. The van der Waals surface area contributed by atoms with Gasteiger partial charge in [0.25, 0.3) is 0 Å². The molecule has 52 valence electrons. The van der Waals surface area contributed by atoms with Crippen LogP contribution < -0.4 is 4.87 Å². The maximum Gasteiger partial charge on any atom is 0.304 e.